The summed E-state index contributed by atoms with van der Waals surface area (Å²) in [7, 11) is 0. The van der Waals surface area contributed by atoms with Crippen LogP contribution in [0.4, 0.5) is 0 Å². The van der Waals surface area contributed by atoms with Gasteiger partial charge < -0.3 is 10.2 Å². The van der Waals surface area contributed by atoms with E-state index < -0.39 is 0 Å². The quantitative estimate of drug-likeness (QED) is 0.709. The van der Waals surface area contributed by atoms with E-state index in [1.165, 1.54) is 30.2 Å². The largest absolute Gasteiger partial charge is 0.508 e. The molecule has 3 nitrogen and oxygen atoms in total. The zero-order valence-electron chi connectivity index (χ0n) is 11.7. The number of ketones is 1. The van der Waals surface area contributed by atoms with Gasteiger partial charge in [0.2, 0.25) is 0 Å². The Balaban J connectivity index is 0.000000198. The van der Waals surface area contributed by atoms with Crippen molar-refractivity contribution in [3.05, 3.63) is 47.5 Å². The molecule has 2 aliphatic carbocycles. The van der Waals surface area contributed by atoms with Gasteiger partial charge in [0.1, 0.15) is 11.5 Å². The Hall–Kier alpha value is -2.29. The number of hydrogen-bond donors (Lipinski definition) is 2. The summed E-state index contributed by atoms with van der Waals surface area (Å²) in [5.41, 5.74) is 3.58. The Bertz CT molecular complexity index is 606. The summed E-state index contributed by atoms with van der Waals surface area (Å²) in [6.45, 7) is 3.33. The molecule has 0 unspecified atom stereocenters. The topological polar surface area (TPSA) is 57.5 Å². The second-order valence-corrected chi connectivity index (χ2v) is 4.84. The lowest BCUT2D eigenvalue weighted by molar-refractivity contribution is 0.101. The molecule has 0 atom stereocenters. The molecule has 0 bridgehead atoms. The summed E-state index contributed by atoms with van der Waals surface area (Å²) in [6, 6.07) is 11.4. The van der Waals surface area contributed by atoms with Crippen molar-refractivity contribution in [2.24, 2.45) is 0 Å². The molecule has 3 rings (SSSR count). The average Bonchev–Trinajstić information content (AvgIpc) is 2.39. The van der Waals surface area contributed by atoms with Crippen LogP contribution in [0.3, 0.4) is 0 Å². The standard InChI is InChI=1S/C11H14O3.C6H4/c1-3-4-9-10(13)6-5-8(7(2)12)11(9)14;1-2-6-4-3-5(1)6/h5-6,13-14H,3-4H2,1-2H3;1-4H. The van der Waals surface area contributed by atoms with Gasteiger partial charge in [-0.3, -0.25) is 4.79 Å². The van der Waals surface area contributed by atoms with Crippen LogP contribution in [0.1, 0.15) is 36.2 Å². The average molecular weight is 270 g/mol. The van der Waals surface area contributed by atoms with Gasteiger partial charge in [0.15, 0.2) is 5.78 Å². The second-order valence-electron chi connectivity index (χ2n) is 4.84. The predicted molar refractivity (Wildman–Crippen MR) is 79.2 cm³/mol. The van der Waals surface area contributed by atoms with Gasteiger partial charge in [0.05, 0.1) is 5.56 Å². The molecular weight excluding hydrogens is 252 g/mol. The van der Waals surface area contributed by atoms with Crippen LogP contribution in [0.2, 0.25) is 0 Å². The molecule has 2 N–H and O–H groups in total. The minimum atomic E-state index is -0.195. The fraction of sp³-hybridized carbons (Fsp3) is 0.235. The van der Waals surface area contributed by atoms with Crippen molar-refractivity contribution in [1.29, 1.82) is 0 Å². The fourth-order valence-corrected chi connectivity index (χ4v) is 2.07. The Labute approximate surface area is 118 Å². The Kier molecular flexibility index (Phi) is 4.08. The molecule has 0 spiro atoms. The Morgan fingerprint density at radius 3 is 1.90 bits per heavy atom. The normalized spacial score (nSPS) is 10.5. The fourth-order valence-electron chi connectivity index (χ4n) is 2.07. The zero-order valence-corrected chi connectivity index (χ0v) is 11.7. The summed E-state index contributed by atoms with van der Waals surface area (Å²) >= 11 is 0. The molecule has 104 valence electrons. The third-order valence-corrected chi connectivity index (χ3v) is 3.36. The number of fused-ring (bicyclic) bond motifs is 1. The van der Waals surface area contributed by atoms with Crippen molar-refractivity contribution in [1.82, 2.24) is 0 Å². The van der Waals surface area contributed by atoms with E-state index >= 15 is 0 Å². The molecule has 1 aromatic rings. The number of aromatic hydroxyl groups is 2. The van der Waals surface area contributed by atoms with E-state index in [2.05, 4.69) is 24.3 Å². The first-order valence-electron chi connectivity index (χ1n) is 6.69. The molecule has 0 amide bonds. The minimum absolute atomic E-state index is 0.0503. The molecule has 0 fully saturated rings. The number of rotatable bonds is 3. The van der Waals surface area contributed by atoms with Gasteiger partial charge in [0.25, 0.3) is 0 Å². The van der Waals surface area contributed by atoms with E-state index in [0.29, 0.717) is 12.0 Å². The number of phenols is 2. The van der Waals surface area contributed by atoms with Crippen molar-refractivity contribution in [2.75, 3.05) is 0 Å². The first-order chi connectivity index (χ1) is 9.54. The van der Waals surface area contributed by atoms with E-state index in [0.717, 1.165) is 6.42 Å². The van der Waals surface area contributed by atoms with Crippen LogP contribution in [0.25, 0.3) is 11.1 Å². The Morgan fingerprint density at radius 2 is 1.55 bits per heavy atom. The van der Waals surface area contributed by atoms with Crippen LogP contribution in [0.15, 0.2) is 36.4 Å². The van der Waals surface area contributed by atoms with Gasteiger partial charge in [-0.15, -0.1) is 0 Å². The lowest BCUT2D eigenvalue weighted by Crippen LogP contribution is -1.96. The molecule has 0 aromatic heterocycles. The first-order valence-corrected chi connectivity index (χ1v) is 6.69. The van der Waals surface area contributed by atoms with E-state index in [4.69, 9.17) is 0 Å². The molecule has 3 heteroatoms. The van der Waals surface area contributed by atoms with Crippen molar-refractivity contribution >= 4 is 5.78 Å². The Morgan fingerprint density at radius 1 is 1.00 bits per heavy atom. The summed E-state index contributed by atoms with van der Waals surface area (Å²) < 4.78 is 0. The highest BCUT2D eigenvalue weighted by molar-refractivity contribution is 5.97. The van der Waals surface area contributed by atoms with E-state index in [1.54, 1.807) is 0 Å². The van der Waals surface area contributed by atoms with Crippen LogP contribution < -0.4 is 0 Å². The summed E-state index contributed by atoms with van der Waals surface area (Å²) in [4.78, 5) is 11.1. The lowest BCUT2D eigenvalue weighted by atomic mass is 9.95. The van der Waals surface area contributed by atoms with Crippen molar-refractivity contribution < 1.29 is 15.0 Å². The van der Waals surface area contributed by atoms with E-state index in [9.17, 15) is 15.0 Å². The maximum absolute atomic E-state index is 11.1. The lowest BCUT2D eigenvalue weighted by Gasteiger charge is -2.10. The van der Waals surface area contributed by atoms with Crippen LogP contribution in [-0.4, -0.2) is 16.0 Å². The first kappa shape index (κ1) is 14.1. The monoisotopic (exact) mass is 270 g/mol. The maximum Gasteiger partial charge on any atom is 0.163 e. The summed E-state index contributed by atoms with van der Waals surface area (Å²) in [5, 5.41) is 19.1. The van der Waals surface area contributed by atoms with Crippen molar-refractivity contribution in [3.8, 4) is 22.6 Å². The van der Waals surface area contributed by atoms with Gasteiger partial charge in [-0.05, 0) is 36.6 Å². The van der Waals surface area contributed by atoms with Gasteiger partial charge in [0, 0.05) is 5.56 Å². The molecule has 1 aromatic carbocycles. The van der Waals surface area contributed by atoms with Crippen LogP contribution in [0, 0.1) is 0 Å². The summed E-state index contributed by atoms with van der Waals surface area (Å²) in [6.07, 6.45) is 1.38. The molecule has 0 heterocycles. The van der Waals surface area contributed by atoms with Gasteiger partial charge in [-0.25, -0.2) is 0 Å². The van der Waals surface area contributed by atoms with Crippen LogP contribution >= 0.6 is 0 Å². The zero-order chi connectivity index (χ0) is 14.7. The van der Waals surface area contributed by atoms with E-state index in [1.807, 2.05) is 6.92 Å². The van der Waals surface area contributed by atoms with Crippen LogP contribution in [0.5, 0.6) is 11.5 Å². The highest BCUT2D eigenvalue weighted by Gasteiger charge is 2.13. The van der Waals surface area contributed by atoms with E-state index in [-0.39, 0.29) is 22.8 Å². The SMILES string of the molecule is CCCc1c(O)ccc(C(C)=O)c1O.c1cc2ccc1-2. The second kappa shape index (κ2) is 5.78. The molecule has 2 aliphatic rings. The number of benzene rings is 2. The molecular formula is C17H18O3. The molecule has 20 heavy (non-hydrogen) atoms. The third kappa shape index (κ3) is 2.67. The van der Waals surface area contributed by atoms with Crippen molar-refractivity contribution in [2.45, 2.75) is 26.7 Å². The highest BCUT2D eigenvalue weighted by Crippen LogP contribution is 2.31. The molecule has 0 radical (unpaired) electrons. The smallest absolute Gasteiger partial charge is 0.163 e. The summed E-state index contributed by atoms with van der Waals surface area (Å²) in [5.74, 6) is -0.228. The van der Waals surface area contributed by atoms with Gasteiger partial charge in [-0.2, -0.15) is 0 Å². The molecule has 0 saturated carbocycles. The minimum Gasteiger partial charge on any atom is -0.508 e. The number of carbonyl (C=O) groups is 1. The number of carbonyl (C=O) groups excluding carboxylic acids is 1. The van der Waals surface area contributed by atoms with Gasteiger partial charge >= 0.3 is 0 Å². The highest BCUT2D eigenvalue weighted by atomic mass is 16.3. The molecule has 0 saturated heterocycles. The maximum atomic E-state index is 11.1. The number of phenolic OH excluding ortho intramolecular Hbond substituents is 2. The van der Waals surface area contributed by atoms with Crippen LogP contribution in [-0.2, 0) is 6.42 Å². The molecule has 0 aliphatic heterocycles. The predicted octanol–water partition coefficient (Wildman–Crippen LogP) is 3.92. The number of hydrogen-bond acceptors (Lipinski definition) is 3. The number of Topliss-reactive ketones (excluding diaryl/α,β-unsaturated/α-hetero) is 1. The van der Waals surface area contributed by atoms with Crippen molar-refractivity contribution in [3.63, 3.8) is 0 Å². The van der Waals surface area contributed by atoms with Gasteiger partial charge in [-0.1, -0.05) is 37.6 Å². The third-order valence-electron chi connectivity index (χ3n) is 3.36.